The minimum Gasteiger partial charge on any atom is -0.497 e. The van der Waals surface area contributed by atoms with Gasteiger partial charge in [0.05, 0.1) is 29.5 Å². The number of nitrogens with zero attached hydrogens (tertiary/aromatic N) is 2. The fourth-order valence-corrected chi connectivity index (χ4v) is 7.97. The first-order valence-electron chi connectivity index (χ1n) is 11.2. The Kier molecular flexibility index (Phi) is 6.95. The van der Waals surface area contributed by atoms with Gasteiger partial charge in [0.2, 0.25) is 0 Å². The lowest BCUT2D eigenvalue weighted by molar-refractivity contribution is -0.154. The number of carbonyl (C=O) groups excluding carboxylic acids is 4. The molecule has 1 heterocycles. The number of methoxy groups -OCH3 is 1. The summed E-state index contributed by atoms with van der Waals surface area (Å²) in [6, 6.07) is 10.7. The molecule has 3 amide bonds. The van der Waals surface area contributed by atoms with Crippen LogP contribution in [0, 0.1) is 23.7 Å². The molecule has 2 aliphatic carbocycles. The van der Waals surface area contributed by atoms with Gasteiger partial charge in [-0.1, -0.05) is 55.1 Å². The summed E-state index contributed by atoms with van der Waals surface area (Å²) in [4.78, 5) is 54.3. The highest BCUT2D eigenvalue weighted by Crippen LogP contribution is 2.60. The Balaban J connectivity index is 1.51. The van der Waals surface area contributed by atoms with E-state index in [1.165, 1.54) is 25.3 Å². The molecule has 3 aliphatic rings. The third-order valence-electron chi connectivity index (χ3n) is 7.31. The number of fused-ring (bicyclic) bond motifs is 5. The number of amides is 3. The first kappa shape index (κ1) is 25.7. The van der Waals surface area contributed by atoms with E-state index in [0.29, 0.717) is 16.3 Å². The molecule has 2 aromatic carbocycles. The quantitative estimate of drug-likeness (QED) is 0.247. The molecule has 0 unspecified atom stereocenters. The predicted molar refractivity (Wildman–Crippen MR) is 141 cm³/mol. The highest BCUT2D eigenvalue weighted by atomic mass is 79.9. The second-order valence-electron chi connectivity index (χ2n) is 9.13. The van der Waals surface area contributed by atoms with Gasteiger partial charge in [-0.3, -0.25) is 19.2 Å². The van der Waals surface area contributed by atoms with Crippen LogP contribution in [0.4, 0.5) is 0 Å². The van der Waals surface area contributed by atoms with Crippen molar-refractivity contribution >= 4 is 78.6 Å². The van der Waals surface area contributed by atoms with Crippen LogP contribution in [0.5, 0.6) is 5.75 Å². The van der Waals surface area contributed by atoms with E-state index in [1.54, 1.807) is 24.3 Å². The van der Waals surface area contributed by atoms with Gasteiger partial charge in [0, 0.05) is 20.2 Å². The molecule has 7 nitrogen and oxygen atoms in total. The van der Waals surface area contributed by atoms with Gasteiger partial charge < -0.3 is 4.74 Å². The van der Waals surface area contributed by atoms with Gasteiger partial charge in [0.25, 0.3) is 17.7 Å². The summed E-state index contributed by atoms with van der Waals surface area (Å²) in [6.45, 7) is -0.522. The highest BCUT2D eigenvalue weighted by Gasteiger charge is 2.67. The maximum Gasteiger partial charge on any atom is 0.274 e. The van der Waals surface area contributed by atoms with Crippen LogP contribution in [-0.2, 0) is 9.59 Å². The van der Waals surface area contributed by atoms with Crippen molar-refractivity contribution in [1.29, 1.82) is 0 Å². The maximum absolute atomic E-state index is 13.7. The topological polar surface area (TPSA) is 84.0 Å². The second-order valence-corrected chi connectivity index (χ2v) is 12.1. The summed E-state index contributed by atoms with van der Waals surface area (Å²) in [5.41, 5.74) is 0.331. The summed E-state index contributed by atoms with van der Waals surface area (Å²) >= 11 is 19.6. The Hall–Kier alpha value is -1.94. The zero-order valence-corrected chi connectivity index (χ0v) is 23.6. The van der Waals surface area contributed by atoms with E-state index in [4.69, 9.17) is 27.9 Å². The molecule has 2 bridgehead atoms. The highest BCUT2D eigenvalue weighted by molar-refractivity contribution is 9.12. The van der Waals surface area contributed by atoms with Crippen LogP contribution >= 0.6 is 55.1 Å². The van der Waals surface area contributed by atoms with Gasteiger partial charge in [-0.25, -0.2) is 5.01 Å². The van der Waals surface area contributed by atoms with Crippen LogP contribution in [0.15, 0.2) is 42.5 Å². The molecule has 2 saturated carbocycles. The molecule has 188 valence electrons. The van der Waals surface area contributed by atoms with Gasteiger partial charge in [-0.2, -0.15) is 5.01 Å². The summed E-state index contributed by atoms with van der Waals surface area (Å²) in [5, 5.41) is 2.17. The fraction of sp³-hybridized carbons (Fsp3) is 0.360. The lowest BCUT2D eigenvalue weighted by Crippen LogP contribution is -2.52. The minimum atomic E-state index is -0.738. The van der Waals surface area contributed by atoms with Gasteiger partial charge >= 0.3 is 0 Å². The van der Waals surface area contributed by atoms with Crippen LogP contribution in [0.2, 0.25) is 10.0 Å². The predicted octanol–water partition coefficient (Wildman–Crippen LogP) is 5.02. The molecule has 0 N–H and O–H groups in total. The smallest absolute Gasteiger partial charge is 0.274 e. The van der Waals surface area contributed by atoms with Crippen molar-refractivity contribution in [3.8, 4) is 5.75 Å². The summed E-state index contributed by atoms with van der Waals surface area (Å²) in [6.07, 6.45) is 0.744. The minimum absolute atomic E-state index is 0.0287. The van der Waals surface area contributed by atoms with Crippen molar-refractivity contribution in [2.24, 2.45) is 23.7 Å². The third-order valence-corrected chi connectivity index (χ3v) is 11.1. The van der Waals surface area contributed by atoms with Crippen LogP contribution in [-0.4, -0.2) is 56.8 Å². The van der Waals surface area contributed by atoms with Crippen molar-refractivity contribution in [1.82, 2.24) is 10.0 Å². The number of hydrogen-bond donors (Lipinski definition) is 0. The molecule has 0 radical (unpaired) electrons. The van der Waals surface area contributed by atoms with Crippen LogP contribution < -0.4 is 4.74 Å². The number of carbonyl (C=O) groups is 4. The zero-order valence-electron chi connectivity index (χ0n) is 18.9. The van der Waals surface area contributed by atoms with E-state index in [-0.39, 0.29) is 32.1 Å². The number of hydrogen-bond acceptors (Lipinski definition) is 5. The molecule has 5 rings (SSSR count). The monoisotopic (exact) mass is 656 g/mol. The van der Waals surface area contributed by atoms with Gasteiger partial charge in [0.15, 0.2) is 5.78 Å². The van der Waals surface area contributed by atoms with Crippen molar-refractivity contribution in [3.05, 3.63) is 63.6 Å². The largest absolute Gasteiger partial charge is 0.497 e. The lowest BCUT2D eigenvalue weighted by atomic mass is 9.81. The number of Topliss-reactive ketones (excluding diaryl/α,β-unsaturated/α-hetero) is 1. The molecule has 1 saturated heterocycles. The lowest BCUT2D eigenvalue weighted by Gasteiger charge is -2.31. The van der Waals surface area contributed by atoms with Crippen molar-refractivity contribution in [3.63, 3.8) is 0 Å². The summed E-state index contributed by atoms with van der Waals surface area (Å²) < 4.78 is 5.14. The number of imide groups is 1. The Labute approximate surface area is 234 Å². The maximum atomic E-state index is 13.7. The first-order valence-corrected chi connectivity index (χ1v) is 13.8. The van der Waals surface area contributed by atoms with E-state index in [9.17, 15) is 19.2 Å². The van der Waals surface area contributed by atoms with E-state index in [2.05, 4.69) is 31.9 Å². The van der Waals surface area contributed by atoms with Crippen molar-refractivity contribution in [2.75, 3.05) is 13.7 Å². The first-order chi connectivity index (χ1) is 17.1. The van der Waals surface area contributed by atoms with E-state index in [0.717, 1.165) is 16.4 Å². The zero-order chi connectivity index (χ0) is 25.9. The third kappa shape index (κ3) is 4.08. The molecule has 0 spiro atoms. The molecular weight excluding hydrogens is 639 g/mol. The molecule has 36 heavy (non-hydrogen) atoms. The van der Waals surface area contributed by atoms with Crippen LogP contribution in [0.3, 0.4) is 0 Å². The Morgan fingerprint density at radius 3 is 2.11 bits per heavy atom. The number of hydrazine groups is 1. The Morgan fingerprint density at radius 1 is 1.00 bits per heavy atom. The standard InChI is InChI=1S/C25H20Br2Cl2N2O5/c1-36-13-5-2-11(3-6-13)18(32)10-30(23(33)14-7-4-12(28)8-17(14)29)31-24(34)19-15-9-16(20(19)25(31)35)22(27)21(15)26/h2-8,15-16,19-22H,9-10H2,1H3/t15-,16-,19-,20-,21+,22+/m1/s1. The van der Waals surface area contributed by atoms with Gasteiger partial charge in [0.1, 0.15) is 12.3 Å². The second kappa shape index (κ2) is 9.74. The number of ether oxygens (including phenoxy) is 1. The average Bonchev–Trinajstić information content (AvgIpc) is 3.47. The van der Waals surface area contributed by atoms with E-state index in [1.807, 2.05) is 0 Å². The fourth-order valence-electron chi connectivity index (χ4n) is 5.61. The summed E-state index contributed by atoms with van der Waals surface area (Å²) in [7, 11) is 1.51. The molecular formula is C25H20Br2Cl2N2O5. The molecule has 3 fully saturated rings. The van der Waals surface area contributed by atoms with Crippen molar-refractivity contribution < 1.29 is 23.9 Å². The Bertz CT molecular complexity index is 1240. The number of halogens is 4. The number of rotatable bonds is 6. The summed E-state index contributed by atoms with van der Waals surface area (Å²) in [5.74, 6) is -2.75. The van der Waals surface area contributed by atoms with Gasteiger partial charge in [-0.05, 0) is 60.7 Å². The molecule has 2 aromatic rings. The molecule has 11 heteroatoms. The molecule has 6 atom stereocenters. The average molecular weight is 659 g/mol. The van der Waals surface area contributed by atoms with E-state index < -0.39 is 41.9 Å². The number of alkyl halides is 2. The number of benzene rings is 2. The Morgan fingerprint density at radius 2 is 1.58 bits per heavy atom. The van der Waals surface area contributed by atoms with E-state index >= 15 is 0 Å². The molecule has 0 aromatic heterocycles. The normalized spacial score (nSPS) is 28.4. The van der Waals surface area contributed by atoms with Crippen LogP contribution in [0.1, 0.15) is 27.1 Å². The van der Waals surface area contributed by atoms with Crippen LogP contribution in [0.25, 0.3) is 0 Å². The molecule has 1 aliphatic heterocycles. The SMILES string of the molecule is COc1ccc(C(=O)CN(C(=O)c2ccc(Cl)cc2Cl)N2C(=O)[C@@H]3[C@H]4C[C@@H]([C@H](Br)[C@H]4Br)[C@H]3C2=O)cc1. The van der Waals surface area contributed by atoms with Gasteiger partial charge in [-0.15, -0.1) is 0 Å². The number of ketones is 1. The van der Waals surface area contributed by atoms with Crippen molar-refractivity contribution in [2.45, 2.75) is 16.1 Å².